The van der Waals surface area contributed by atoms with Crippen LogP contribution in [-0.4, -0.2) is 48.3 Å². The Morgan fingerprint density at radius 2 is 2.05 bits per heavy atom. The average molecular weight is 267 g/mol. The highest BCUT2D eigenvalue weighted by Gasteiger charge is 2.47. The largest absolute Gasteiger partial charge is 0.481 e. The van der Waals surface area contributed by atoms with Crippen molar-refractivity contribution in [3.05, 3.63) is 0 Å². The number of carbonyl (C=O) groups is 1. The molecule has 0 amide bonds. The van der Waals surface area contributed by atoms with Gasteiger partial charge in [-0.05, 0) is 50.0 Å². The lowest BCUT2D eigenvalue weighted by molar-refractivity contribution is -0.138. The van der Waals surface area contributed by atoms with E-state index in [9.17, 15) is 4.79 Å². The Balaban J connectivity index is 1.63. The van der Waals surface area contributed by atoms with Crippen molar-refractivity contribution in [1.82, 2.24) is 4.90 Å². The van der Waals surface area contributed by atoms with Crippen molar-refractivity contribution in [2.45, 2.75) is 51.0 Å². The van der Waals surface area contributed by atoms with Crippen LogP contribution < -0.4 is 0 Å². The first kappa shape index (κ1) is 13.4. The van der Waals surface area contributed by atoms with Gasteiger partial charge < -0.3 is 9.84 Å². The van der Waals surface area contributed by atoms with Gasteiger partial charge in [-0.1, -0.05) is 6.42 Å². The van der Waals surface area contributed by atoms with Crippen LogP contribution in [0.2, 0.25) is 0 Å². The van der Waals surface area contributed by atoms with E-state index in [1.165, 1.54) is 32.1 Å². The fraction of sp³-hybridized carbons (Fsp3) is 0.933. The standard InChI is InChI=1S/C15H25NO3/c17-14(18)10-12-3-7-16(11-12)13-2-1-4-15(13)5-8-19-9-6-15/h12-13H,1-11H2,(H,17,18). The van der Waals surface area contributed by atoms with Gasteiger partial charge in [-0.3, -0.25) is 9.69 Å². The number of carboxylic acid groups (broad SMARTS) is 1. The zero-order chi connectivity index (χ0) is 13.3. The smallest absolute Gasteiger partial charge is 0.303 e. The summed E-state index contributed by atoms with van der Waals surface area (Å²) in [5.41, 5.74) is 0.483. The molecule has 1 N–H and O–H groups in total. The summed E-state index contributed by atoms with van der Waals surface area (Å²) in [7, 11) is 0. The van der Waals surface area contributed by atoms with Crippen molar-refractivity contribution in [3.8, 4) is 0 Å². The summed E-state index contributed by atoms with van der Waals surface area (Å²) in [5.74, 6) is -0.269. The molecule has 1 spiro atoms. The van der Waals surface area contributed by atoms with E-state index in [2.05, 4.69) is 4.90 Å². The molecule has 0 aromatic carbocycles. The highest BCUT2D eigenvalue weighted by Crippen LogP contribution is 2.49. The van der Waals surface area contributed by atoms with Gasteiger partial charge in [-0.25, -0.2) is 0 Å². The van der Waals surface area contributed by atoms with Crippen molar-refractivity contribution in [2.75, 3.05) is 26.3 Å². The van der Waals surface area contributed by atoms with E-state index in [0.29, 0.717) is 23.8 Å². The van der Waals surface area contributed by atoms with Crippen LogP contribution in [0.1, 0.15) is 44.9 Å². The SMILES string of the molecule is O=C(O)CC1CCN(C2CCCC23CCOCC3)C1. The third-order valence-corrected chi connectivity index (χ3v) is 5.57. The monoisotopic (exact) mass is 267 g/mol. The third kappa shape index (κ3) is 2.65. The third-order valence-electron chi connectivity index (χ3n) is 5.57. The predicted octanol–water partition coefficient (Wildman–Crippen LogP) is 2.13. The molecule has 0 aromatic rings. The highest BCUT2D eigenvalue weighted by molar-refractivity contribution is 5.67. The summed E-state index contributed by atoms with van der Waals surface area (Å²) >= 11 is 0. The molecule has 108 valence electrons. The summed E-state index contributed by atoms with van der Waals surface area (Å²) in [4.78, 5) is 13.4. The second kappa shape index (κ2) is 5.41. The van der Waals surface area contributed by atoms with Gasteiger partial charge in [0.15, 0.2) is 0 Å². The number of aliphatic carboxylic acids is 1. The van der Waals surface area contributed by atoms with Gasteiger partial charge in [-0.15, -0.1) is 0 Å². The first-order chi connectivity index (χ1) is 9.20. The first-order valence-electron chi connectivity index (χ1n) is 7.73. The lowest BCUT2D eigenvalue weighted by atomic mass is 9.75. The minimum Gasteiger partial charge on any atom is -0.481 e. The van der Waals surface area contributed by atoms with Crippen LogP contribution in [-0.2, 0) is 9.53 Å². The van der Waals surface area contributed by atoms with Crippen molar-refractivity contribution < 1.29 is 14.6 Å². The van der Waals surface area contributed by atoms with Crippen LogP contribution in [0.4, 0.5) is 0 Å². The Labute approximate surface area is 115 Å². The van der Waals surface area contributed by atoms with Crippen molar-refractivity contribution in [3.63, 3.8) is 0 Å². The molecule has 3 fully saturated rings. The van der Waals surface area contributed by atoms with Crippen LogP contribution in [0.25, 0.3) is 0 Å². The van der Waals surface area contributed by atoms with Gasteiger partial charge in [0, 0.05) is 32.2 Å². The number of nitrogens with zero attached hydrogens (tertiary/aromatic N) is 1. The molecule has 19 heavy (non-hydrogen) atoms. The van der Waals surface area contributed by atoms with Crippen LogP contribution in [0.15, 0.2) is 0 Å². The molecule has 1 aliphatic carbocycles. The molecule has 2 unspecified atom stereocenters. The Morgan fingerprint density at radius 1 is 1.26 bits per heavy atom. The number of hydrogen-bond donors (Lipinski definition) is 1. The fourth-order valence-electron chi connectivity index (χ4n) is 4.61. The molecule has 1 saturated carbocycles. The van der Waals surface area contributed by atoms with Crippen LogP contribution in [0, 0.1) is 11.3 Å². The number of hydrogen-bond acceptors (Lipinski definition) is 3. The molecule has 2 atom stereocenters. The van der Waals surface area contributed by atoms with Crippen molar-refractivity contribution in [2.24, 2.45) is 11.3 Å². The molecule has 4 nitrogen and oxygen atoms in total. The molecule has 0 aromatic heterocycles. The maximum Gasteiger partial charge on any atom is 0.303 e. The fourth-order valence-corrected chi connectivity index (χ4v) is 4.61. The molecular formula is C15H25NO3. The van der Waals surface area contributed by atoms with Gasteiger partial charge in [0.25, 0.3) is 0 Å². The normalized spacial score (nSPS) is 34.9. The highest BCUT2D eigenvalue weighted by atomic mass is 16.5. The maximum absolute atomic E-state index is 10.8. The van der Waals surface area contributed by atoms with E-state index >= 15 is 0 Å². The summed E-state index contributed by atoms with van der Waals surface area (Å²) in [5, 5.41) is 8.93. The van der Waals surface area contributed by atoms with Crippen LogP contribution >= 0.6 is 0 Å². The number of rotatable bonds is 3. The van der Waals surface area contributed by atoms with Crippen molar-refractivity contribution >= 4 is 5.97 Å². The number of carboxylic acids is 1. The second-order valence-corrected chi connectivity index (χ2v) is 6.63. The van der Waals surface area contributed by atoms with Gasteiger partial charge in [-0.2, -0.15) is 0 Å². The lowest BCUT2D eigenvalue weighted by Crippen LogP contribution is -2.46. The first-order valence-corrected chi connectivity index (χ1v) is 7.73. The minimum atomic E-state index is -0.640. The van der Waals surface area contributed by atoms with E-state index in [4.69, 9.17) is 9.84 Å². The topological polar surface area (TPSA) is 49.8 Å². The Morgan fingerprint density at radius 3 is 2.79 bits per heavy atom. The number of likely N-dealkylation sites (tertiary alicyclic amines) is 1. The van der Waals surface area contributed by atoms with Gasteiger partial charge in [0.05, 0.1) is 0 Å². The summed E-state index contributed by atoms with van der Waals surface area (Å²) < 4.78 is 5.54. The van der Waals surface area contributed by atoms with Crippen LogP contribution in [0.5, 0.6) is 0 Å². The molecule has 2 saturated heterocycles. The van der Waals surface area contributed by atoms with E-state index < -0.39 is 5.97 Å². The minimum absolute atomic E-state index is 0.347. The van der Waals surface area contributed by atoms with E-state index in [-0.39, 0.29) is 0 Å². The molecule has 3 aliphatic rings. The molecular weight excluding hydrogens is 242 g/mol. The van der Waals surface area contributed by atoms with E-state index in [1.807, 2.05) is 0 Å². The Hall–Kier alpha value is -0.610. The maximum atomic E-state index is 10.8. The molecule has 0 bridgehead atoms. The predicted molar refractivity (Wildman–Crippen MR) is 72.1 cm³/mol. The quantitative estimate of drug-likeness (QED) is 0.851. The number of ether oxygens (including phenoxy) is 1. The van der Waals surface area contributed by atoms with Gasteiger partial charge in [0.2, 0.25) is 0 Å². The summed E-state index contributed by atoms with van der Waals surface area (Å²) in [6.45, 7) is 3.94. The van der Waals surface area contributed by atoms with E-state index in [1.54, 1.807) is 0 Å². The average Bonchev–Trinajstić information content (AvgIpc) is 2.97. The lowest BCUT2D eigenvalue weighted by Gasteiger charge is -2.43. The summed E-state index contributed by atoms with van der Waals surface area (Å²) in [6, 6.07) is 0.690. The Bertz CT molecular complexity index is 338. The molecule has 2 aliphatic heterocycles. The Kier molecular flexibility index (Phi) is 3.81. The van der Waals surface area contributed by atoms with Crippen molar-refractivity contribution in [1.29, 1.82) is 0 Å². The molecule has 0 radical (unpaired) electrons. The summed E-state index contributed by atoms with van der Waals surface area (Å²) in [6.07, 6.45) is 7.82. The molecule has 2 heterocycles. The second-order valence-electron chi connectivity index (χ2n) is 6.63. The van der Waals surface area contributed by atoms with Gasteiger partial charge in [0.1, 0.15) is 0 Å². The zero-order valence-electron chi connectivity index (χ0n) is 11.6. The molecule has 3 rings (SSSR count). The molecule has 4 heteroatoms. The van der Waals surface area contributed by atoms with E-state index in [0.717, 1.165) is 32.7 Å². The van der Waals surface area contributed by atoms with Crippen LogP contribution in [0.3, 0.4) is 0 Å². The zero-order valence-corrected chi connectivity index (χ0v) is 11.6. The van der Waals surface area contributed by atoms with Gasteiger partial charge >= 0.3 is 5.97 Å².